The van der Waals surface area contributed by atoms with Gasteiger partial charge in [0.05, 0.1) is 23.8 Å². The number of amides is 3. The van der Waals surface area contributed by atoms with E-state index in [0.717, 1.165) is 27.8 Å². The summed E-state index contributed by atoms with van der Waals surface area (Å²) in [6.07, 6.45) is 2.00. The molecule has 5 N–H and O–H groups in total. The summed E-state index contributed by atoms with van der Waals surface area (Å²) >= 11 is 1.34. The van der Waals surface area contributed by atoms with Crippen molar-refractivity contribution < 1.29 is 29.3 Å². The van der Waals surface area contributed by atoms with E-state index in [0.29, 0.717) is 25.7 Å². The van der Waals surface area contributed by atoms with Gasteiger partial charge < -0.3 is 30.9 Å². The second kappa shape index (κ2) is 16.2. The van der Waals surface area contributed by atoms with Gasteiger partial charge in [0.2, 0.25) is 11.8 Å². The Bertz CT molecular complexity index is 1460. The minimum absolute atomic E-state index is 0.0405. The standard InChI is InChI=1S/C35H46N4O6S/c1-35(2,3)39-32(41)26-20-25(45-4)16-15-24(26)19-29(40)27(18-22-10-6-5-7-11-22)37-33(42)28(38-34(43)44)21-46-30-14-8-12-23-13-9-17-36-31(23)30/h5-14,17,24-29,38,40H,15-16,18-21H2,1-4H3,(H,37,42)(H,39,41)(H,43,44). The Morgan fingerprint density at radius 3 is 2.46 bits per heavy atom. The SMILES string of the molecule is COC1CCC(CC(O)C(Cc2ccccc2)NC(=O)C(CSc2cccc3cccnc23)NC(=O)O)C(C(=O)NC(C)(C)C)C1. The van der Waals surface area contributed by atoms with Crippen molar-refractivity contribution in [2.24, 2.45) is 11.8 Å². The van der Waals surface area contributed by atoms with Crippen molar-refractivity contribution in [3.05, 3.63) is 72.4 Å². The molecule has 46 heavy (non-hydrogen) atoms. The van der Waals surface area contributed by atoms with E-state index in [9.17, 15) is 24.6 Å². The van der Waals surface area contributed by atoms with E-state index in [1.165, 1.54) is 11.8 Å². The van der Waals surface area contributed by atoms with Crippen molar-refractivity contribution in [2.75, 3.05) is 12.9 Å². The number of carboxylic acid groups (broad SMARTS) is 1. The first kappa shape index (κ1) is 35.2. The summed E-state index contributed by atoms with van der Waals surface area (Å²) in [5.41, 5.74) is 1.28. The second-order valence-electron chi connectivity index (χ2n) is 13.0. The van der Waals surface area contributed by atoms with Crippen LogP contribution in [-0.2, 0) is 20.7 Å². The molecule has 4 rings (SSSR count). The number of aromatic nitrogens is 1. The van der Waals surface area contributed by atoms with Crippen LogP contribution < -0.4 is 16.0 Å². The lowest BCUT2D eigenvalue weighted by atomic mass is 9.73. The predicted octanol–water partition coefficient (Wildman–Crippen LogP) is 4.79. The van der Waals surface area contributed by atoms with Gasteiger partial charge in [-0.15, -0.1) is 11.8 Å². The number of carbonyl (C=O) groups excluding carboxylic acids is 2. The van der Waals surface area contributed by atoms with Crippen LogP contribution in [0.25, 0.3) is 10.9 Å². The number of nitrogens with zero attached hydrogens (tertiary/aromatic N) is 1. The number of aliphatic hydroxyl groups excluding tert-OH is 1. The van der Waals surface area contributed by atoms with E-state index >= 15 is 0 Å². The van der Waals surface area contributed by atoms with Crippen molar-refractivity contribution in [3.8, 4) is 0 Å². The van der Waals surface area contributed by atoms with E-state index in [-0.39, 0.29) is 29.6 Å². The van der Waals surface area contributed by atoms with Crippen molar-refractivity contribution in [3.63, 3.8) is 0 Å². The lowest BCUT2D eigenvalue weighted by Gasteiger charge is -2.38. The van der Waals surface area contributed by atoms with Gasteiger partial charge in [0.1, 0.15) is 6.04 Å². The Morgan fingerprint density at radius 2 is 1.76 bits per heavy atom. The normalized spacial score (nSPS) is 20.3. The zero-order valence-electron chi connectivity index (χ0n) is 26.9. The van der Waals surface area contributed by atoms with Crippen LogP contribution in [-0.4, -0.2) is 75.8 Å². The fraction of sp³-hybridized carbons (Fsp3) is 0.486. The summed E-state index contributed by atoms with van der Waals surface area (Å²) in [4.78, 5) is 44.1. The number of fused-ring (bicyclic) bond motifs is 1. The number of hydrogen-bond acceptors (Lipinski definition) is 7. The maximum atomic E-state index is 13.7. The third kappa shape index (κ3) is 10.2. The summed E-state index contributed by atoms with van der Waals surface area (Å²) in [6, 6.07) is 17.2. The molecule has 0 bridgehead atoms. The maximum Gasteiger partial charge on any atom is 0.405 e. The number of carbonyl (C=O) groups is 3. The quantitative estimate of drug-likeness (QED) is 0.166. The molecule has 10 nitrogen and oxygen atoms in total. The molecule has 0 radical (unpaired) electrons. The first-order chi connectivity index (χ1) is 21.9. The number of nitrogens with one attached hydrogen (secondary N) is 3. The summed E-state index contributed by atoms with van der Waals surface area (Å²) in [5.74, 6) is -0.957. The second-order valence-corrected chi connectivity index (χ2v) is 14.1. The highest BCUT2D eigenvalue weighted by Gasteiger charge is 2.39. The molecule has 6 unspecified atom stereocenters. The number of methoxy groups -OCH3 is 1. The van der Waals surface area contributed by atoms with Gasteiger partial charge in [-0.2, -0.15) is 0 Å². The molecule has 2 aromatic carbocycles. The number of rotatable bonds is 13. The summed E-state index contributed by atoms with van der Waals surface area (Å²) in [6.45, 7) is 5.81. The molecule has 0 saturated heterocycles. The smallest absolute Gasteiger partial charge is 0.405 e. The number of thioether (sulfide) groups is 1. The van der Waals surface area contributed by atoms with E-state index in [1.54, 1.807) is 13.3 Å². The van der Waals surface area contributed by atoms with Crippen LogP contribution in [0.2, 0.25) is 0 Å². The summed E-state index contributed by atoms with van der Waals surface area (Å²) < 4.78 is 5.61. The van der Waals surface area contributed by atoms with Gasteiger partial charge in [0.25, 0.3) is 0 Å². The third-order valence-corrected chi connectivity index (χ3v) is 9.50. The Kier molecular flexibility index (Phi) is 12.4. The lowest BCUT2D eigenvalue weighted by Crippen LogP contribution is -2.54. The lowest BCUT2D eigenvalue weighted by molar-refractivity contribution is -0.132. The van der Waals surface area contributed by atoms with Crippen LogP contribution in [0, 0.1) is 11.8 Å². The zero-order chi connectivity index (χ0) is 33.3. The van der Waals surface area contributed by atoms with Gasteiger partial charge >= 0.3 is 6.09 Å². The largest absolute Gasteiger partial charge is 0.465 e. The van der Waals surface area contributed by atoms with Crippen LogP contribution in [0.5, 0.6) is 0 Å². The van der Waals surface area contributed by atoms with Crippen molar-refractivity contribution >= 4 is 40.6 Å². The van der Waals surface area contributed by atoms with Crippen LogP contribution in [0.4, 0.5) is 4.79 Å². The van der Waals surface area contributed by atoms with Gasteiger partial charge in [-0.3, -0.25) is 14.6 Å². The number of benzene rings is 2. The number of aliphatic hydroxyl groups is 1. The molecule has 1 aliphatic carbocycles. The molecular weight excluding hydrogens is 604 g/mol. The highest BCUT2D eigenvalue weighted by atomic mass is 32.2. The minimum atomic E-state index is -1.32. The number of para-hydroxylation sites is 1. The highest BCUT2D eigenvalue weighted by molar-refractivity contribution is 7.99. The molecule has 248 valence electrons. The van der Waals surface area contributed by atoms with Gasteiger partial charge in [-0.1, -0.05) is 48.5 Å². The summed E-state index contributed by atoms with van der Waals surface area (Å²) in [7, 11) is 1.65. The molecule has 1 aromatic heterocycles. The van der Waals surface area contributed by atoms with Crippen molar-refractivity contribution in [1.29, 1.82) is 0 Å². The van der Waals surface area contributed by atoms with Crippen LogP contribution >= 0.6 is 11.8 Å². The molecule has 3 amide bonds. The topological polar surface area (TPSA) is 150 Å². The predicted molar refractivity (Wildman–Crippen MR) is 180 cm³/mol. The molecule has 0 aliphatic heterocycles. The third-order valence-electron chi connectivity index (χ3n) is 8.36. The van der Waals surface area contributed by atoms with E-state index in [1.807, 2.05) is 81.4 Å². The average Bonchev–Trinajstić information content (AvgIpc) is 3.02. The van der Waals surface area contributed by atoms with Gasteiger partial charge in [-0.05, 0) is 76.5 Å². The molecular formula is C35H46N4O6S. The Morgan fingerprint density at radius 1 is 1.02 bits per heavy atom. The van der Waals surface area contributed by atoms with Gasteiger partial charge in [-0.25, -0.2) is 4.79 Å². The fourth-order valence-electron chi connectivity index (χ4n) is 6.08. The maximum absolute atomic E-state index is 13.7. The Hall–Kier alpha value is -3.67. The van der Waals surface area contributed by atoms with Crippen LogP contribution in [0.3, 0.4) is 0 Å². The monoisotopic (exact) mass is 650 g/mol. The number of hydrogen-bond donors (Lipinski definition) is 5. The highest BCUT2D eigenvalue weighted by Crippen LogP contribution is 2.36. The van der Waals surface area contributed by atoms with Crippen molar-refractivity contribution in [1.82, 2.24) is 20.9 Å². The van der Waals surface area contributed by atoms with Gasteiger partial charge in [0.15, 0.2) is 0 Å². The molecule has 1 fully saturated rings. The average molecular weight is 651 g/mol. The number of pyridine rings is 1. The molecule has 3 aromatic rings. The minimum Gasteiger partial charge on any atom is -0.465 e. The van der Waals surface area contributed by atoms with E-state index < -0.39 is 35.7 Å². The van der Waals surface area contributed by atoms with Gasteiger partial charge in [0, 0.05) is 40.8 Å². The zero-order valence-corrected chi connectivity index (χ0v) is 27.8. The first-order valence-corrected chi connectivity index (χ1v) is 16.7. The van der Waals surface area contributed by atoms with E-state index in [2.05, 4.69) is 20.9 Å². The van der Waals surface area contributed by atoms with Crippen LogP contribution in [0.15, 0.2) is 71.8 Å². The van der Waals surface area contributed by atoms with E-state index in [4.69, 9.17) is 4.74 Å². The molecule has 0 spiro atoms. The molecule has 6 atom stereocenters. The molecule has 1 heterocycles. The first-order valence-electron chi connectivity index (χ1n) is 15.8. The summed E-state index contributed by atoms with van der Waals surface area (Å²) in [5, 5.41) is 30.6. The molecule has 1 saturated carbocycles. The fourth-order valence-corrected chi connectivity index (χ4v) is 7.14. The number of ether oxygens (including phenoxy) is 1. The Balaban J connectivity index is 1.52. The molecule has 1 aliphatic rings. The Labute approximate surface area is 275 Å². The van der Waals surface area contributed by atoms with Crippen LogP contribution in [0.1, 0.15) is 52.0 Å². The molecule has 11 heteroatoms. The van der Waals surface area contributed by atoms with Crippen molar-refractivity contribution in [2.45, 2.75) is 87.6 Å².